The van der Waals surface area contributed by atoms with E-state index >= 15 is 0 Å². The summed E-state index contributed by atoms with van der Waals surface area (Å²) in [5.74, 6) is 2.84. The van der Waals surface area contributed by atoms with E-state index in [4.69, 9.17) is 0 Å². The van der Waals surface area contributed by atoms with Crippen molar-refractivity contribution in [1.29, 1.82) is 0 Å². The molecule has 0 spiro atoms. The molecule has 8 atom stereocenters. The first kappa shape index (κ1) is 15.9. The Bertz CT molecular complexity index is 522. The van der Waals surface area contributed by atoms with Crippen LogP contribution in [0.25, 0.3) is 0 Å². The third kappa shape index (κ3) is 2.07. The lowest BCUT2D eigenvalue weighted by Gasteiger charge is -2.63. The molecule has 1 aliphatic heterocycles. The standard InChI is InChI=1S/C20H32FNO/c1-12-9-16-20(3,8-6-17(23)22(16)4)14-5-7-19(2)11-13(21)10-15(19)18(12)14/h12-16,18H,5-11H2,1-4H3/t12-,13-,14-,15-,16+,18+,19+,20+/m0/s1. The SMILES string of the molecule is C[C@H]1C[C@H]2N(C)C(=O)CC[C@]2(C)[C@H]2CC[C@]3(C)C[C@@H](F)C[C@H]3[C@H]12. The highest BCUT2D eigenvalue weighted by atomic mass is 19.1. The van der Waals surface area contributed by atoms with E-state index in [2.05, 4.69) is 25.7 Å². The van der Waals surface area contributed by atoms with Crippen LogP contribution in [0.1, 0.15) is 65.7 Å². The van der Waals surface area contributed by atoms with Gasteiger partial charge in [0.15, 0.2) is 0 Å². The summed E-state index contributed by atoms with van der Waals surface area (Å²) in [6.45, 7) is 7.17. The summed E-state index contributed by atoms with van der Waals surface area (Å²) in [5.41, 5.74) is 0.476. The number of hydrogen-bond donors (Lipinski definition) is 0. The molecule has 0 aromatic rings. The van der Waals surface area contributed by atoms with Crippen LogP contribution < -0.4 is 0 Å². The fraction of sp³-hybridized carbons (Fsp3) is 0.950. The number of fused-ring (bicyclic) bond motifs is 5. The molecule has 130 valence electrons. The topological polar surface area (TPSA) is 20.3 Å². The molecule has 3 heteroatoms. The Kier molecular flexibility index (Phi) is 3.42. The molecular formula is C20H32FNO. The van der Waals surface area contributed by atoms with E-state index in [9.17, 15) is 9.18 Å². The quantitative estimate of drug-likeness (QED) is 0.646. The maximum atomic E-state index is 14.2. The number of hydrogen-bond acceptors (Lipinski definition) is 1. The number of alkyl halides is 1. The summed E-state index contributed by atoms with van der Waals surface area (Å²) in [7, 11) is 2.01. The second kappa shape index (κ2) is 4.95. The van der Waals surface area contributed by atoms with Crippen LogP contribution in [0.15, 0.2) is 0 Å². The minimum absolute atomic E-state index is 0.231. The van der Waals surface area contributed by atoms with E-state index in [0.29, 0.717) is 42.0 Å². The largest absolute Gasteiger partial charge is 0.342 e. The van der Waals surface area contributed by atoms with Crippen molar-refractivity contribution in [2.45, 2.75) is 77.9 Å². The second-order valence-electron chi connectivity index (χ2n) is 9.76. The predicted molar refractivity (Wildman–Crippen MR) is 89.6 cm³/mol. The second-order valence-corrected chi connectivity index (χ2v) is 9.76. The molecule has 4 aliphatic rings. The highest BCUT2D eigenvalue weighted by molar-refractivity contribution is 5.77. The van der Waals surface area contributed by atoms with Crippen molar-refractivity contribution in [3.8, 4) is 0 Å². The Morgan fingerprint density at radius 2 is 1.91 bits per heavy atom. The molecule has 0 radical (unpaired) electrons. The molecule has 4 rings (SSSR count). The van der Waals surface area contributed by atoms with Crippen molar-refractivity contribution in [3.63, 3.8) is 0 Å². The molecule has 0 aromatic heterocycles. The lowest BCUT2D eigenvalue weighted by atomic mass is 9.45. The van der Waals surface area contributed by atoms with Crippen LogP contribution in [-0.2, 0) is 4.79 Å². The summed E-state index contributed by atoms with van der Waals surface area (Å²) < 4.78 is 14.2. The van der Waals surface area contributed by atoms with Gasteiger partial charge in [0.25, 0.3) is 0 Å². The normalized spacial score (nSPS) is 56.0. The first-order valence-electron chi connectivity index (χ1n) is 9.66. The molecule has 1 amide bonds. The van der Waals surface area contributed by atoms with Crippen molar-refractivity contribution in [2.75, 3.05) is 7.05 Å². The highest BCUT2D eigenvalue weighted by Gasteiger charge is 2.62. The smallest absolute Gasteiger partial charge is 0.222 e. The average molecular weight is 321 g/mol. The van der Waals surface area contributed by atoms with Crippen LogP contribution in [0.5, 0.6) is 0 Å². The van der Waals surface area contributed by atoms with E-state index in [-0.39, 0.29) is 10.8 Å². The minimum atomic E-state index is -0.586. The van der Waals surface area contributed by atoms with Crippen molar-refractivity contribution >= 4 is 5.91 Å². The number of carbonyl (C=O) groups is 1. The summed E-state index contributed by atoms with van der Waals surface area (Å²) >= 11 is 0. The number of nitrogens with zero attached hydrogens (tertiary/aromatic N) is 1. The van der Waals surface area contributed by atoms with Crippen LogP contribution in [0, 0.1) is 34.5 Å². The molecule has 3 aliphatic carbocycles. The third-order valence-electron chi connectivity index (χ3n) is 8.65. The van der Waals surface area contributed by atoms with Gasteiger partial charge in [-0.25, -0.2) is 4.39 Å². The van der Waals surface area contributed by atoms with Gasteiger partial charge in [-0.2, -0.15) is 0 Å². The zero-order valence-electron chi connectivity index (χ0n) is 15.1. The predicted octanol–water partition coefficient (Wildman–Crippen LogP) is 4.43. The van der Waals surface area contributed by atoms with Crippen molar-refractivity contribution in [3.05, 3.63) is 0 Å². The van der Waals surface area contributed by atoms with E-state index in [1.807, 2.05) is 7.05 Å². The Morgan fingerprint density at radius 1 is 1.17 bits per heavy atom. The van der Waals surface area contributed by atoms with Gasteiger partial charge >= 0.3 is 0 Å². The van der Waals surface area contributed by atoms with E-state index < -0.39 is 6.17 Å². The Labute approximate surface area is 140 Å². The monoisotopic (exact) mass is 321 g/mol. The van der Waals surface area contributed by atoms with Crippen molar-refractivity contribution < 1.29 is 9.18 Å². The van der Waals surface area contributed by atoms with Gasteiger partial charge in [-0.3, -0.25) is 4.79 Å². The minimum Gasteiger partial charge on any atom is -0.342 e. The molecule has 23 heavy (non-hydrogen) atoms. The van der Waals surface area contributed by atoms with Gasteiger partial charge in [0, 0.05) is 19.5 Å². The lowest BCUT2D eigenvalue weighted by molar-refractivity contribution is -0.164. The van der Waals surface area contributed by atoms with Crippen molar-refractivity contribution in [1.82, 2.24) is 4.90 Å². The van der Waals surface area contributed by atoms with Gasteiger partial charge in [-0.05, 0) is 73.0 Å². The van der Waals surface area contributed by atoms with Gasteiger partial charge in [-0.1, -0.05) is 20.8 Å². The van der Waals surface area contributed by atoms with Gasteiger partial charge in [0.1, 0.15) is 6.17 Å². The fourth-order valence-corrected chi connectivity index (χ4v) is 7.44. The van der Waals surface area contributed by atoms with Crippen LogP contribution in [0.2, 0.25) is 0 Å². The van der Waals surface area contributed by atoms with Gasteiger partial charge in [0.2, 0.25) is 5.91 Å². The van der Waals surface area contributed by atoms with E-state index in [1.165, 1.54) is 12.8 Å². The number of carbonyl (C=O) groups excluding carboxylic acids is 1. The Morgan fingerprint density at radius 3 is 2.65 bits per heavy atom. The van der Waals surface area contributed by atoms with Crippen molar-refractivity contribution in [2.24, 2.45) is 34.5 Å². The van der Waals surface area contributed by atoms with Crippen LogP contribution in [0.3, 0.4) is 0 Å². The van der Waals surface area contributed by atoms with Crippen LogP contribution >= 0.6 is 0 Å². The maximum absolute atomic E-state index is 14.2. The Hall–Kier alpha value is -0.600. The molecule has 0 unspecified atom stereocenters. The first-order chi connectivity index (χ1) is 10.8. The molecule has 4 fully saturated rings. The number of likely N-dealkylation sites (tertiary alicyclic amines) is 1. The number of piperidine rings is 1. The summed E-state index contributed by atoms with van der Waals surface area (Å²) in [5, 5.41) is 0. The molecule has 0 aromatic carbocycles. The summed E-state index contributed by atoms with van der Waals surface area (Å²) in [6.07, 6.45) is 6.27. The van der Waals surface area contributed by atoms with Gasteiger partial charge < -0.3 is 4.90 Å². The maximum Gasteiger partial charge on any atom is 0.222 e. The number of rotatable bonds is 0. The van der Waals surface area contributed by atoms with Crippen LogP contribution in [0.4, 0.5) is 4.39 Å². The summed E-state index contributed by atoms with van der Waals surface area (Å²) in [4.78, 5) is 14.3. The zero-order chi connectivity index (χ0) is 16.6. The molecule has 3 saturated carbocycles. The molecule has 0 N–H and O–H groups in total. The van der Waals surface area contributed by atoms with Gasteiger partial charge in [-0.15, -0.1) is 0 Å². The lowest BCUT2D eigenvalue weighted by Crippen LogP contribution is -2.62. The first-order valence-corrected chi connectivity index (χ1v) is 9.66. The van der Waals surface area contributed by atoms with Crippen LogP contribution in [-0.4, -0.2) is 30.1 Å². The molecule has 1 saturated heterocycles. The van der Waals surface area contributed by atoms with E-state index in [0.717, 1.165) is 25.7 Å². The van der Waals surface area contributed by atoms with E-state index in [1.54, 1.807) is 0 Å². The fourth-order valence-electron chi connectivity index (χ4n) is 7.44. The van der Waals surface area contributed by atoms with Gasteiger partial charge in [0.05, 0.1) is 0 Å². The average Bonchev–Trinajstić information content (AvgIpc) is 2.80. The molecule has 1 heterocycles. The molecule has 2 nitrogen and oxygen atoms in total. The number of halogens is 1. The third-order valence-corrected chi connectivity index (χ3v) is 8.65. The Balaban J connectivity index is 1.70. The zero-order valence-corrected chi connectivity index (χ0v) is 15.1. The molecular weight excluding hydrogens is 289 g/mol. The highest BCUT2D eigenvalue weighted by Crippen LogP contribution is 2.66. The number of amides is 1. The summed E-state index contributed by atoms with van der Waals surface area (Å²) in [6, 6.07) is 0.395. The molecule has 0 bridgehead atoms.